The predicted molar refractivity (Wildman–Crippen MR) is 32.2 cm³/mol. The summed E-state index contributed by atoms with van der Waals surface area (Å²) >= 11 is 0. The lowest BCUT2D eigenvalue weighted by Gasteiger charge is -1.87. The molecule has 1 rings (SSSR count). The Labute approximate surface area is 48.3 Å². The highest BCUT2D eigenvalue weighted by molar-refractivity contribution is 5.31. The van der Waals surface area contributed by atoms with Gasteiger partial charge in [-0.1, -0.05) is 0 Å². The van der Waals surface area contributed by atoms with Crippen molar-refractivity contribution in [3.8, 4) is 0 Å². The van der Waals surface area contributed by atoms with Crippen LogP contribution in [-0.4, -0.2) is 9.78 Å². The van der Waals surface area contributed by atoms with Crippen molar-refractivity contribution in [1.29, 1.82) is 0 Å². The van der Waals surface area contributed by atoms with Crippen molar-refractivity contribution >= 4 is 5.82 Å². The maximum Gasteiger partial charge on any atom is 0.148 e. The minimum atomic E-state index is 0.799. The molecule has 0 aromatic carbocycles. The summed E-state index contributed by atoms with van der Waals surface area (Å²) < 4.78 is 1.72. The molecular weight excluding hydrogens is 102 g/mol. The zero-order valence-electron chi connectivity index (χ0n) is 4.76. The molecule has 1 radical (unpaired) electrons. The number of rotatable bonds is 1. The van der Waals surface area contributed by atoms with Gasteiger partial charge in [0, 0.05) is 26.4 Å². The van der Waals surface area contributed by atoms with Crippen molar-refractivity contribution in [3.05, 3.63) is 19.3 Å². The van der Waals surface area contributed by atoms with Crippen molar-refractivity contribution in [1.82, 2.24) is 9.78 Å². The smallest absolute Gasteiger partial charge is 0.148 e. The summed E-state index contributed by atoms with van der Waals surface area (Å²) in [5.74, 6) is 0.799. The summed E-state index contributed by atoms with van der Waals surface area (Å²) in [5, 5.41) is 6.64. The molecule has 0 saturated heterocycles. The highest BCUT2D eigenvalue weighted by atomic mass is 15.3. The molecule has 43 valence electrons. The van der Waals surface area contributed by atoms with E-state index in [1.165, 1.54) is 0 Å². The Morgan fingerprint density at radius 3 is 2.88 bits per heavy atom. The summed E-state index contributed by atoms with van der Waals surface area (Å²) in [6, 6.07) is 1.85. The second-order valence-electron chi connectivity index (χ2n) is 1.55. The molecule has 0 aliphatic carbocycles. The molecule has 8 heavy (non-hydrogen) atoms. The SMILES string of the molecule is [CH2]Nc1ccn(C)n1. The van der Waals surface area contributed by atoms with Gasteiger partial charge in [0.15, 0.2) is 0 Å². The van der Waals surface area contributed by atoms with Crippen LogP contribution in [0.3, 0.4) is 0 Å². The second kappa shape index (κ2) is 1.86. The van der Waals surface area contributed by atoms with E-state index in [1.807, 2.05) is 19.3 Å². The molecule has 0 spiro atoms. The first-order valence-electron chi connectivity index (χ1n) is 2.35. The normalized spacial score (nSPS) is 9.25. The molecule has 1 aromatic rings. The molecule has 3 heteroatoms. The number of nitrogens with zero attached hydrogens (tertiary/aromatic N) is 2. The lowest BCUT2D eigenvalue weighted by atomic mass is 10.6. The van der Waals surface area contributed by atoms with E-state index in [-0.39, 0.29) is 0 Å². The lowest BCUT2D eigenvalue weighted by molar-refractivity contribution is 0.771. The lowest BCUT2D eigenvalue weighted by Crippen LogP contribution is -1.89. The topological polar surface area (TPSA) is 29.9 Å². The molecule has 1 aromatic heterocycles. The van der Waals surface area contributed by atoms with Crippen molar-refractivity contribution in [2.45, 2.75) is 0 Å². The zero-order chi connectivity index (χ0) is 5.98. The first kappa shape index (κ1) is 5.15. The average molecular weight is 110 g/mol. The molecule has 0 atom stereocenters. The maximum atomic E-state index is 3.97. The third kappa shape index (κ3) is 0.804. The minimum absolute atomic E-state index is 0.799. The maximum absolute atomic E-state index is 3.97. The molecule has 1 N–H and O–H groups in total. The monoisotopic (exact) mass is 110 g/mol. The van der Waals surface area contributed by atoms with Crippen LogP contribution >= 0.6 is 0 Å². The van der Waals surface area contributed by atoms with Gasteiger partial charge in [0.1, 0.15) is 5.82 Å². The van der Waals surface area contributed by atoms with E-state index in [2.05, 4.69) is 17.5 Å². The van der Waals surface area contributed by atoms with E-state index < -0.39 is 0 Å². The number of hydrogen-bond acceptors (Lipinski definition) is 2. The predicted octanol–water partition coefficient (Wildman–Crippen LogP) is 0.624. The van der Waals surface area contributed by atoms with Gasteiger partial charge in [-0.3, -0.25) is 4.68 Å². The molecule has 1 heterocycles. The van der Waals surface area contributed by atoms with Gasteiger partial charge < -0.3 is 5.32 Å². The Balaban J connectivity index is 2.84. The van der Waals surface area contributed by atoms with Crippen molar-refractivity contribution in [2.24, 2.45) is 7.05 Å². The van der Waals surface area contributed by atoms with E-state index in [0.717, 1.165) is 5.82 Å². The van der Waals surface area contributed by atoms with Crippen LogP contribution in [0.1, 0.15) is 0 Å². The quantitative estimate of drug-likeness (QED) is 0.574. The number of nitrogens with one attached hydrogen (secondary N) is 1. The average Bonchev–Trinajstić information content (AvgIpc) is 2.14. The van der Waals surface area contributed by atoms with Crippen LogP contribution < -0.4 is 5.32 Å². The molecule has 0 unspecified atom stereocenters. The molecule has 0 aliphatic heterocycles. The molecule has 0 bridgehead atoms. The van der Waals surface area contributed by atoms with E-state index >= 15 is 0 Å². The highest BCUT2D eigenvalue weighted by Crippen LogP contribution is 1.97. The van der Waals surface area contributed by atoms with Gasteiger partial charge in [-0.25, -0.2) is 0 Å². The van der Waals surface area contributed by atoms with Crippen LogP contribution in [0.4, 0.5) is 5.82 Å². The fourth-order valence-corrected chi connectivity index (χ4v) is 0.509. The Kier molecular flexibility index (Phi) is 1.20. The molecule has 0 aliphatic rings. The largest absolute Gasteiger partial charge is 0.367 e. The van der Waals surface area contributed by atoms with Crippen LogP contribution in [0.5, 0.6) is 0 Å². The van der Waals surface area contributed by atoms with Crippen LogP contribution in [0.25, 0.3) is 0 Å². The number of aryl methyl sites for hydroxylation is 1. The van der Waals surface area contributed by atoms with Gasteiger partial charge in [-0.15, -0.1) is 0 Å². The van der Waals surface area contributed by atoms with Crippen LogP contribution in [0.2, 0.25) is 0 Å². The van der Waals surface area contributed by atoms with Gasteiger partial charge in [0.25, 0.3) is 0 Å². The van der Waals surface area contributed by atoms with E-state index in [9.17, 15) is 0 Å². The Morgan fingerprint density at radius 2 is 2.62 bits per heavy atom. The van der Waals surface area contributed by atoms with Crippen molar-refractivity contribution < 1.29 is 0 Å². The van der Waals surface area contributed by atoms with Crippen LogP contribution in [-0.2, 0) is 7.05 Å². The van der Waals surface area contributed by atoms with Crippen LogP contribution in [0.15, 0.2) is 12.3 Å². The van der Waals surface area contributed by atoms with E-state index in [1.54, 1.807) is 4.68 Å². The summed E-state index contributed by atoms with van der Waals surface area (Å²) in [7, 11) is 5.31. The number of aromatic nitrogens is 2. The third-order valence-electron chi connectivity index (χ3n) is 0.895. The van der Waals surface area contributed by atoms with E-state index in [0.29, 0.717) is 0 Å². The number of anilines is 1. The van der Waals surface area contributed by atoms with Gasteiger partial charge in [0.2, 0.25) is 0 Å². The van der Waals surface area contributed by atoms with E-state index in [4.69, 9.17) is 0 Å². The first-order chi connectivity index (χ1) is 3.83. The molecule has 3 nitrogen and oxygen atoms in total. The zero-order valence-corrected chi connectivity index (χ0v) is 4.76. The molecule has 0 fully saturated rings. The Bertz CT molecular complexity index is 168. The van der Waals surface area contributed by atoms with Gasteiger partial charge in [-0.2, -0.15) is 5.10 Å². The number of hydrogen-bond donors (Lipinski definition) is 1. The summed E-state index contributed by atoms with van der Waals surface area (Å²) in [6.07, 6.45) is 1.85. The van der Waals surface area contributed by atoms with Gasteiger partial charge in [-0.05, 0) is 0 Å². The van der Waals surface area contributed by atoms with Gasteiger partial charge >= 0.3 is 0 Å². The van der Waals surface area contributed by atoms with Gasteiger partial charge in [0.05, 0.1) is 0 Å². The standard InChI is InChI=1S/C5H8N3/c1-6-5-3-4-8(2)7-5/h3-4H,1H2,2H3,(H,6,7). The molecule has 0 saturated carbocycles. The first-order valence-corrected chi connectivity index (χ1v) is 2.35. The summed E-state index contributed by atoms with van der Waals surface area (Å²) in [5.41, 5.74) is 0. The Hall–Kier alpha value is -0.990. The third-order valence-corrected chi connectivity index (χ3v) is 0.895. The molecule has 0 amide bonds. The fourth-order valence-electron chi connectivity index (χ4n) is 0.509. The second-order valence-corrected chi connectivity index (χ2v) is 1.55. The highest BCUT2D eigenvalue weighted by Gasteiger charge is 1.87. The minimum Gasteiger partial charge on any atom is -0.367 e. The molecular formula is C5H8N3. The van der Waals surface area contributed by atoms with Crippen LogP contribution in [0, 0.1) is 7.05 Å². The summed E-state index contributed by atoms with van der Waals surface area (Å²) in [6.45, 7) is 0. The summed E-state index contributed by atoms with van der Waals surface area (Å²) in [4.78, 5) is 0. The van der Waals surface area contributed by atoms with Crippen molar-refractivity contribution in [3.63, 3.8) is 0 Å². The van der Waals surface area contributed by atoms with Crippen molar-refractivity contribution in [2.75, 3.05) is 5.32 Å². The Morgan fingerprint density at radius 1 is 1.88 bits per heavy atom. The fraction of sp³-hybridized carbons (Fsp3) is 0.200.